The summed E-state index contributed by atoms with van der Waals surface area (Å²) >= 11 is 0. The third kappa shape index (κ3) is 2.62. The molecule has 0 atom stereocenters. The van der Waals surface area contributed by atoms with E-state index in [2.05, 4.69) is 15.5 Å². The Morgan fingerprint density at radius 1 is 1.33 bits per heavy atom. The maximum Gasteiger partial charge on any atom is 0.256 e. The summed E-state index contributed by atoms with van der Waals surface area (Å²) < 4.78 is 5.65. The van der Waals surface area contributed by atoms with Crippen molar-refractivity contribution in [2.24, 2.45) is 0 Å². The van der Waals surface area contributed by atoms with E-state index in [-0.39, 0.29) is 5.88 Å². The van der Waals surface area contributed by atoms with Crippen molar-refractivity contribution >= 4 is 0 Å². The molecule has 1 aromatic carbocycles. The molecular weight excluding hydrogens is 228 g/mol. The summed E-state index contributed by atoms with van der Waals surface area (Å²) in [6, 6.07) is 11.2. The van der Waals surface area contributed by atoms with E-state index in [0.29, 0.717) is 17.9 Å². The zero-order chi connectivity index (χ0) is 12.8. The lowest BCUT2D eigenvalue weighted by molar-refractivity contribution is 0.446. The molecule has 18 heavy (non-hydrogen) atoms. The summed E-state index contributed by atoms with van der Waals surface area (Å²) in [6.45, 7) is 0.679. The lowest BCUT2D eigenvalue weighted by Gasteiger charge is -2.10. The first kappa shape index (κ1) is 12.0. The number of para-hydroxylation sites is 1. The fourth-order valence-electron chi connectivity index (χ4n) is 1.52. The SMILES string of the molecule is CNCc1ccccc1Oc1nnccc1C#N. The van der Waals surface area contributed by atoms with Crippen molar-refractivity contribution in [3.05, 3.63) is 47.7 Å². The van der Waals surface area contributed by atoms with Gasteiger partial charge in [0.15, 0.2) is 0 Å². The quantitative estimate of drug-likeness (QED) is 0.883. The molecule has 0 aliphatic rings. The fraction of sp³-hybridized carbons (Fsp3) is 0.154. The highest BCUT2D eigenvalue weighted by atomic mass is 16.5. The van der Waals surface area contributed by atoms with Gasteiger partial charge in [0.05, 0.1) is 6.20 Å². The molecule has 0 bridgehead atoms. The van der Waals surface area contributed by atoms with Gasteiger partial charge in [-0.2, -0.15) is 10.4 Å². The Morgan fingerprint density at radius 3 is 2.94 bits per heavy atom. The molecule has 0 aliphatic carbocycles. The summed E-state index contributed by atoms with van der Waals surface area (Å²) in [5.41, 5.74) is 1.36. The molecule has 1 N–H and O–H groups in total. The van der Waals surface area contributed by atoms with E-state index in [1.807, 2.05) is 37.4 Å². The minimum absolute atomic E-state index is 0.226. The molecular formula is C13H12N4O. The number of nitriles is 1. The van der Waals surface area contributed by atoms with Crippen molar-refractivity contribution in [2.45, 2.75) is 6.54 Å². The molecule has 0 spiro atoms. The van der Waals surface area contributed by atoms with E-state index >= 15 is 0 Å². The molecule has 90 valence electrons. The first-order chi connectivity index (χ1) is 8.85. The van der Waals surface area contributed by atoms with Crippen molar-refractivity contribution in [2.75, 3.05) is 7.05 Å². The number of rotatable bonds is 4. The number of nitrogens with zero attached hydrogens (tertiary/aromatic N) is 3. The highest BCUT2D eigenvalue weighted by Crippen LogP contribution is 2.25. The van der Waals surface area contributed by atoms with Gasteiger partial charge in [-0.05, 0) is 19.2 Å². The molecule has 0 radical (unpaired) electrons. The van der Waals surface area contributed by atoms with E-state index < -0.39 is 0 Å². The van der Waals surface area contributed by atoms with Gasteiger partial charge in [-0.1, -0.05) is 18.2 Å². The van der Waals surface area contributed by atoms with Crippen LogP contribution in [0.15, 0.2) is 36.5 Å². The van der Waals surface area contributed by atoms with Crippen LogP contribution in [0.25, 0.3) is 0 Å². The third-order valence-electron chi connectivity index (χ3n) is 2.35. The van der Waals surface area contributed by atoms with Crippen LogP contribution in [-0.4, -0.2) is 17.2 Å². The molecule has 0 saturated carbocycles. The van der Waals surface area contributed by atoms with Crippen LogP contribution in [0.5, 0.6) is 11.6 Å². The van der Waals surface area contributed by atoms with Gasteiger partial charge in [0, 0.05) is 12.1 Å². The van der Waals surface area contributed by atoms with E-state index in [1.165, 1.54) is 6.20 Å². The monoisotopic (exact) mass is 240 g/mol. The maximum atomic E-state index is 8.96. The Labute approximate surface area is 105 Å². The van der Waals surface area contributed by atoms with Gasteiger partial charge < -0.3 is 10.1 Å². The minimum atomic E-state index is 0.226. The van der Waals surface area contributed by atoms with Crippen molar-refractivity contribution in [1.82, 2.24) is 15.5 Å². The summed E-state index contributed by atoms with van der Waals surface area (Å²) in [7, 11) is 1.86. The zero-order valence-electron chi connectivity index (χ0n) is 9.92. The highest BCUT2D eigenvalue weighted by molar-refractivity contribution is 5.41. The summed E-state index contributed by atoms with van der Waals surface area (Å²) in [5.74, 6) is 0.896. The Hall–Kier alpha value is -2.45. The molecule has 1 aromatic heterocycles. The van der Waals surface area contributed by atoms with Gasteiger partial charge in [-0.3, -0.25) is 0 Å². The number of hydrogen-bond donors (Lipinski definition) is 1. The maximum absolute atomic E-state index is 8.96. The Kier molecular flexibility index (Phi) is 3.84. The van der Waals surface area contributed by atoms with Crippen LogP contribution < -0.4 is 10.1 Å². The standard InChI is InChI=1S/C13H12N4O/c1-15-9-11-4-2-3-5-12(11)18-13-10(8-14)6-7-16-17-13/h2-7,15H,9H2,1H3. The van der Waals surface area contributed by atoms with Gasteiger partial charge >= 0.3 is 0 Å². The average molecular weight is 240 g/mol. The largest absolute Gasteiger partial charge is 0.436 e. The molecule has 5 heteroatoms. The summed E-state index contributed by atoms with van der Waals surface area (Å²) in [5, 5.41) is 19.6. The lowest BCUT2D eigenvalue weighted by atomic mass is 10.2. The van der Waals surface area contributed by atoms with Gasteiger partial charge in [0.25, 0.3) is 5.88 Å². The second kappa shape index (κ2) is 5.75. The van der Waals surface area contributed by atoms with Crippen LogP contribution in [-0.2, 0) is 6.54 Å². The van der Waals surface area contributed by atoms with Gasteiger partial charge in [0.1, 0.15) is 17.4 Å². The molecule has 2 rings (SSSR count). The molecule has 0 amide bonds. The Bertz CT molecular complexity index is 577. The van der Waals surface area contributed by atoms with Crippen LogP contribution >= 0.6 is 0 Å². The third-order valence-corrected chi connectivity index (χ3v) is 2.35. The van der Waals surface area contributed by atoms with Crippen LogP contribution in [0.3, 0.4) is 0 Å². The number of ether oxygens (including phenoxy) is 1. The van der Waals surface area contributed by atoms with E-state index in [4.69, 9.17) is 10.00 Å². The predicted octanol–water partition coefficient (Wildman–Crippen LogP) is 1.86. The second-order valence-electron chi connectivity index (χ2n) is 3.60. The summed E-state index contributed by atoms with van der Waals surface area (Å²) in [6.07, 6.45) is 1.46. The second-order valence-corrected chi connectivity index (χ2v) is 3.60. The molecule has 2 aromatic rings. The normalized spacial score (nSPS) is 9.78. The Balaban J connectivity index is 2.31. The lowest BCUT2D eigenvalue weighted by Crippen LogP contribution is -2.06. The van der Waals surface area contributed by atoms with E-state index in [9.17, 15) is 0 Å². The Morgan fingerprint density at radius 2 is 2.17 bits per heavy atom. The summed E-state index contributed by atoms with van der Waals surface area (Å²) in [4.78, 5) is 0. The smallest absolute Gasteiger partial charge is 0.256 e. The van der Waals surface area contributed by atoms with Crippen molar-refractivity contribution < 1.29 is 4.74 Å². The number of hydrogen-bond acceptors (Lipinski definition) is 5. The molecule has 0 fully saturated rings. The minimum Gasteiger partial charge on any atom is -0.436 e. The first-order valence-electron chi connectivity index (χ1n) is 5.47. The van der Waals surface area contributed by atoms with Crippen LogP contribution in [0.4, 0.5) is 0 Å². The van der Waals surface area contributed by atoms with E-state index in [1.54, 1.807) is 6.07 Å². The first-order valence-corrected chi connectivity index (χ1v) is 5.47. The van der Waals surface area contributed by atoms with Crippen molar-refractivity contribution in [3.8, 4) is 17.7 Å². The number of aromatic nitrogens is 2. The zero-order valence-corrected chi connectivity index (χ0v) is 9.92. The molecule has 0 unspecified atom stereocenters. The van der Waals surface area contributed by atoms with Gasteiger partial charge in [-0.15, -0.1) is 5.10 Å². The van der Waals surface area contributed by atoms with Crippen LogP contribution in [0.2, 0.25) is 0 Å². The number of benzene rings is 1. The molecule has 5 nitrogen and oxygen atoms in total. The highest BCUT2D eigenvalue weighted by Gasteiger charge is 2.08. The van der Waals surface area contributed by atoms with Gasteiger partial charge in [-0.25, -0.2) is 0 Å². The molecule has 1 heterocycles. The topological polar surface area (TPSA) is 70.8 Å². The number of nitrogens with one attached hydrogen (secondary N) is 1. The fourth-order valence-corrected chi connectivity index (χ4v) is 1.52. The molecule has 0 aliphatic heterocycles. The predicted molar refractivity (Wildman–Crippen MR) is 66.0 cm³/mol. The molecule has 0 saturated heterocycles. The van der Waals surface area contributed by atoms with Crippen LogP contribution in [0.1, 0.15) is 11.1 Å². The average Bonchev–Trinajstić information content (AvgIpc) is 2.42. The van der Waals surface area contributed by atoms with Crippen molar-refractivity contribution in [1.29, 1.82) is 5.26 Å². The van der Waals surface area contributed by atoms with Crippen molar-refractivity contribution in [3.63, 3.8) is 0 Å². The van der Waals surface area contributed by atoms with E-state index in [0.717, 1.165) is 5.56 Å². The van der Waals surface area contributed by atoms with Gasteiger partial charge in [0.2, 0.25) is 0 Å². The van der Waals surface area contributed by atoms with Crippen LogP contribution in [0, 0.1) is 11.3 Å².